The number of unbranched alkanes of at least 4 members (excludes halogenated alkanes) is 1. The highest BCUT2D eigenvalue weighted by molar-refractivity contribution is 7.87. The van der Waals surface area contributed by atoms with Gasteiger partial charge in [0.15, 0.2) is 0 Å². The first-order valence-electron chi connectivity index (χ1n) is 4.95. The van der Waals surface area contributed by atoms with Crippen LogP contribution >= 0.6 is 0 Å². The molecule has 102 valence electrons. The SMILES string of the molecule is C=CC(=O)OCCCCC(C)(C)S(=O)(=O)[O-].[NH4+]. The molecule has 0 aliphatic heterocycles. The molecule has 6 nitrogen and oxygen atoms in total. The second kappa shape index (κ2) is 7.41. The zero-order valence-corrected chi connectivity index (χ0v) is 11.4. The molecule has 0 aromatic rings. The van der Waals surface area contributed by atoms with E-state index in [1.54, 1.807) is 0 Å². The second-order valence-corrected chi connectivity index (χ2v) is 6.06. The Morgan fingerprint density at radius 2 is 1.94 bits per heavy atom. The molecular weight excluding hydrogens is 246 g/mol. The topological polar surface area (TPSA) is 120 Å². The number of carbonyl (C=O) groups is 1. The first kappa shape index (κ1) is 18.4. The summed E-state index contributed by atoms with van der Waals surface area (Å²) >= 11 is 0. The van der Waals surface area contributed by atoms with Crippen LogP contribution in [0.5, 0.6) is 0 Å². The van der Waals surface area contributed by atoms with Crippen LogP contribution in [0, 0.1) is 0 Å². The summed E-state index contributed by atoms with van der Waals surface area (Å²) in [4.78, 5) is 10.6. The molecule has 0 bridgehead atoms. The minimum absolute atomic E-state index is 0. The van der Waals surface area contributed by atoms with Crippen LogP contribution in [-0.2, 0) is 19.6 Å². The molecule has 0 fully saturated rings. The molecule has 7 heteroatoms. The molecule has 0 atom stereocenters. The van der Waals surface area contributed by atoms with Crippen molar-refractivity contribution in [1.29, 1.82) is 0 Å². The Labute approximate surface area is 102 Å². The molecule has 4 N–H and O–H groups in total. The molecule has 0 aromatic carbocycles. The number of ether oxygens (including phenoxy) is 1. The maximum absolute atomic E-state index is 10.8. The maximum Gasteiger partial charge on any atom is 0.330 e. The summed E-state index contributed by atoms with van der Waals surface area (Å²) in [5.41, 5.74) is 0. The van der Waals surface area contributed by atoms with Crippen molar-refractivity contribution < 1.29 is 22.5 Å². The molecule has 0 spiro atoms. The summed E-state index contributed by atoms with van der Waals surface area (Å²) in [6.45, 7) is 6.23. The third-order valence-corrected chi connectivity index (χ3v) is 3.82. The number of rotatable bonds is 7. The van der Waals surface area contributed by atoms with E-state index in [1.807, 2.05) is 0 Å². The van der Waals surface area contributed by atoms with Crippen molar-refractivity contribution in [2.75, 3.05) is 6.61 Å². The quantitative estimate of drug-likeness (QED) is 0.325. The summed E-state index contributed by atoms with van der Waals surface area (Å²) in [6.07, 6.45) is 2.36. The van der Waals surface area contributed by atoms with Crippen molar-refractivity contribution in [3.8, 4) is 0 Å². The Balaban J connectivity index is 0. The zero-order chi connectivity index (χ0) is 12.8. The summed E-state index contributed by atoms with van der Waals surface area (Å²) in [6, 6.07) is 0. The van der Waals surface area contributed by atoms with Gasteiger partial charge < -0.3 is 15.4 Å². The highest BCUT2D eigenvalue weighted by Crippen LogP contribution is 2.21. The monoisotopic (exact) mass is 267 g/mol. The lowest BCUT2D eigenvalue weighted by Gasteiger charge is -2.27. The van der Waals surface area contributed by atoms with Crippen LogP contribution < -0.4 is 6.15 Å². The second-order valence-electron chi connectivity index (χ2n) is 4.04. The highest BCUT2D eigenvalue weighted by Gasteiger charge is 2.24. The summed E-state index contributed by atoms with van der Waals surface area (Å²) in [5.74, 6) is -0.504. The molecule has 0 aliphatic rings. The first-order valence-corrected chi connectivity index (χ1v) is 6.36. The molecule has 0 aromatic heterocycles. The largest absolute Gasteiger partial charge is 0.748 e. The normalized spacial score (nSPS) is 11.5. The van der Waals surface area contributed by atoms with Gasteiger partial charge in [-0.05, 0) is 33.1 Å². The lowest BCUT2D eigenvalue weighted by molar-refractivity contribution is -0.137. The predicted molar refractivity (Wildman–Crippen MR) is 64.8 cm³/mol. The number of quaternary nitrogens is 1. The van der Waals surface area contributed by atoms with Crippen molar-refractivity contribution >= 4 is 16.1 Å². The van der Waals surface area contributed by atoms with E-state index in [1.165, 1.54) is 13.8 Å². The molecule has 0 saturated carbocycles. The van der Waals surface area contributed by atoms with Gasteiger partial charge in [0, 0.05) is 6.08 Å². The lowest BCUT2D eigenvalue weighted by Crippen LogP contribution is -2.31. The van der Waals surface area contributed by atoms with Crippen molar-refractivity contribution in [2.45, 2.75) is 37.9 Å². The van der Waals surface area contributed by atoms with Gasteiger partial charge in [0.1, 0.15) is 0 Å². The van der Waals surface area contributed by atoms with E-state index < -0.39 is 20.8 Å². The first-order chi connectivity index (χ1) is 7.20. The van der Waals surface area contributed by atoms with E-state index in [9.17, 15) is 17.8 Å². The van der Waals surface area contributed by atoms with Crippen molar-refractivity contribution in [2.24, 2.45) is 0 Å². The number of hydrogen-bond acceptors (Lipinski definition) is 5. The van der Waals surface area contributed by atoms with Gasteiger partial charge in [-0.3, -0.25) is 0 Å². The van der Waals surface area contributed by atoms with Crippen LogP contribution in [-0.4, -0.2) is 30.3 Å². The molecule has 0 rings (SSSR count). The van der Waals surface area contributed by atoms with Gasteiger partial charge in [-0.2, -0.15) is 0 Å². The van der Waals surface area contributed by atoms with E-state index in [0.717, 1.165) is 6.08 Å². The fourth-order valence-electron chi connectivity index (χ4n) is 1.01. The van der Waals surface area contributed by atoms with Crippen LogP contribution in [0.25, 0.3) is 0 Å². The van der Waals surface area contributed by atoms with Gasteiger partial charge in [0.05, 0.1) is 21.5 Å². The maximum atomic E-state index is 10.8. The third-order valence-electron chi connectivity index (χ3n) is 2.26. The van der Waals surface area contributed by atoms with Crippen LogP contribution in [0.4, 0.5) is 0 Å². The van der Waals surface area contributed by atoms with Crippen molar-refractivity contribution in [1.82, 2.24) is 6.15 Å². The molecule has 0 radical (unpaired) electrons. The number of esters is 1. The Hall–Kier alpha value is -0.920. The van der Waals surface area contributed by atoms with Crippen molar-refractivity contribution in [3.05, 3.63) is 12.7 Å². The van der Waals surface area contributed by atoms with Gasteiger partial charge >= 0.3 is 5.97 Å². The summed E-state index contributed by atoms with van der Waals surface area (Å²) in [7, 11) is -4.28. The Bertz CT molecular complexity index is 348. The van der Waals surface area contributed by atoms with Gasteiger partial charge in [-0.25, -0.2) is 13.2 Å². The zero-order valence-electron chi connectivity index (χ0n) is 10.6. The van der Waals surface area contributed by atoms with Gasteiger partial charge in [-0.15, -0.1) is 0 Å². The van der Waals surface area contributed by atoms with E-state index in [2.05, 4.69) is 6.58 Å². The Morgan fingerprint density at radius 1 is 1.41 bits per heavy atom. The van der Waals surface area contributed by atoms with Crippen LogP contribution in [0.15, 0.2) is 12.7 Å². The van der Waals surface area contributed by atoms with Gasteiger partial charge in [0.2, 0.25) is 0 Å². The fraction of sp³-hybridized carbons (Fsp3) is 0.700. The van der Waals surface area contributed by atoms with Gasteiger partial charge in [0.25, 0.3) is 0 Å². The average molecular weight is 267 g/mol. The van der Waals surface area contributed by atoms with E-state index in [-0.39, 0.29) is 19.2 Å². The minimum atomic E-state index is -4.28. The average Bonchev–Trinajstić information content (AvgIpc) is 2.15. The van der Waals surface area contributed by atoms with Gasteiger partial charge in [-0.1, -0.05) is 6.58 Å². The Morgan fingerprint density at radius 3 is 2.35 bits per heavy atom. The van der Waals surface area contributed by atoms with E-state index >= 15 is 0 Å². The molecule has 0 saturated heterocycles. The molecular formula is C10H21NO5S. The molecule has 0 unspecified atom stereocenters. The van der Waals surface area contributed by atoms with Crippen molar-refractivity contribution in [3.63, 3.8) is 0 Å². The smallest absolute Gasteiger partial charge is 0.330 e. The standard InChI is InChI=1S/C10H18O5S.H3N/c1-4-9(11)15-8-6-5-7-10(2,3)16(12,13)14;/h4H,1,5-8H2,2-3H3,(H,12,13,14);1H3. The van der Waals surface area contributed by atoms with Crippen LogP contribution in [0.2, 0.25) is 0 Å². The minimum Gasteiger partial charge on any atom is -0.748 e. The fourth-order valence-corrected chi connectivity index (χ4v) is 1.40. The summed E-state index contributed by atoms with van der Waals surface area (Å²) < 4.78 is 35.9. The lowest BCUT2D eigenvalue weighted by atomic mass is 10.1. The highest BCUT2D eigenvalue weighted by atomic mass is 32.2. The number of hydrogen-bond donors (Lipinski definition) is 1. The number of carbonyl (C=O) groups excluding carboxylic acids is 1. The van der Waals surface area contributed by atoms with Crippen LogP contribution in [0.1, 0.15) is 33.1 Å². The molecule has 17 heavy (non-hydrogen) atoms. The third kappa shape index (κ3) is 7.09. The van der Waals surface area contributed by atoms with Crippen LogP contribution in [0.3, 0.4) is 0 Å². The molecule has 0 amide bonds. The molecule has 0 heterocycles. The van der Waals surface area contributed by atoms with E-state index in [0.29, 0.717) is 12.8 Å². The molecule has 0 aliphatic carbocycles. The van der Waals surface area contributed by atoms with E-state index in [4.69, 9.17) is 4.74 Å². The summed E-state index contributed by atoms with van der Waals surface area (Å²) in [5, 5.41) is 0. The Kier molecular flexibility index (Phi) is 8.04. The predicted octanol–water partition coefficient (Wildman–Crippen LogP) is 1.59.